The van der Waals surface area contributed by atoms with Crippen LogP contribution < -0.4 is 15.4 Å². The Morgan fingerprint density at radius 1 is 1.08 bits per heavy atom. The molecule has 1 fully saturated rings. The Bertz CT molecular complexity index is 652. The molecular weight excluding hydrogens is 300 g/mol. The summed E-state index contributed by atoms with van der Waals surface area (Å²) < 4.78 is 5.93. The summed E-state index contributed by atoms with van der Waals surface area (Å²) in [7, 11) is 0. The quantitative estimate of drug-likeness (QED) is 0.859. The van der Waals surface area contributed by atoms with Gasteiger partial charge in [0.05, 0.1) is 6.04 Å². The highest BCUT2D eigenvalue weighted by Gasteiger charge is 2.20. The fourth-order valence-corrected chi connectivity index (χ4v) is 2.91. The van der Waals surface area contributed by atoms with Crippen molar-refractivity contribution in [3.8, 4) is 5.75 Å². The molecule has 2 aromatic rings. The molecule has 0 spiro atoms. The lowest BCUT2D eigenvalue weighted by atomic mass is 10.0. The fraction of sp³-hybridized carbons (Fsp3) is 0.350. The van der Waals surface area contributed by atoms with E-state index in [-0.39, 0.29) is 11.9 Å². The Hall–Kier alpha value is -2.33. The highest BCUT2D eigenvalue weighted by molar-refractivity contribution is 5.81. The lowest BCUT2D eigenvalue weighted by molar-refractivity contribution is -0.123. The molecule has 3 rings (SSSR count). The van der Waals surface area contributed by atoms with E-state index in [1.54, 1.807) is 0 Å². The van der Waals surface area contributed by atoms with E-state index in [4.69, 9.17) is 4.74 Å². The predicted molar refractivity (Wildman–Crippen MR) is 94.7 cm³/mol. The molecule has 4 nitrogen and oxygen atoms in total. The Morgan fingerprint density at radius 2 is 1.88 bits per heavy atom. The van der Waals surface area contributed by atoms with E-state index < -0.39 is 0 Å². The zero-order chi connectivity index (χ0) is 16.6. The van der Waals surface area contributed by atoms with Gasteiger partial charge in [-0.25, -0.2) is 0 Å². The van der Waals surface area contributed by atoms with Crippen LogP contribution in [0.4, 0.5) is 0 Å². The standard InChI is InChI=1S/C20H24N2O2/c23-20(18-11-6-7-13-21-18)22-14-17-10-4-5-12-19(17)24-15-16-8-2-1-3-9-16/h1-5,8-10,12,18,21H,6-7,11,13-15H2,(H,22,23). The molecular formula is C20H24N2O2. The van der Waals surface area contributed by atoms with Crippen LogP contribution >= 0.6 is 0 Å². The minimum absolute atomic E-state index is 0.0591. The monoisotopic (exact) mass is 324 g/mol. The Morgan fingerprint density at radius 3 is 2.67 bits per heavy atom. The van der Waals surface area contributed by atoms with E-state index in [2.05, 4.69) is 10.6 Å². The molecule has 1 aliphatic rings. The first-order valence-electron chi connectivity index (χ1n) is 8.58. The number of carbonyl (C=O) groups is 1. The van der Waals surface area contributed by atoms with Crippen LogP contribution in [0.3, 0.4) is 0 Å². The van der Waals surface area contributed by atoms with Crippen molar-refractivity contribution in [1.82, 2.24) is 10.6 Å². The van der Waals surface area contributed by atoms with Crippen molar-refractivity contribution in [1.29, 1.82) is 0 Å². The van der Waals surface area contributed by atoms with E-state index in [0.29, 0.717) is 13.2 Å². The van der Waals surface area contributed by atoms with Gasteiger partial charge in [0, 0.05) is 12.1 Å². The van der Waals surface area contributed by atoms with E-state index in [1.165, 1.54) is 0 Å². The van der Waals surface area contributed by atoms with Crippen molar-refractivity contribution in [2.45, 2.75) is 38.5 Å². The van der Waals surface area contributed by atoms with Crippen molar-refractivity contribution in [3.63, 3.8) is 0 Å². The number of hydrogen-bond acceptors (Lipinski definition) is 3. The topological polar surface area (TPSA) is 50.4 Å². The van der Waals surface area contributed by atoms with Gasteiger partial charge < -0.3 is 15.4 Å². The van der Waals surface area contributed by atoms with E-state index in [1.807, 2.05) is 54.6 Å². The minimum Gasteiger partial charge on any atom is -0.489 e. The SMILES string of the molecule is O=C(NCc1ccccc1OCc1ccccc1)C1CCCCN1. The number of nitrogens with one attached hydrogen (secondary N) is 2. The van der Waals surface area contributed by atoms with Gasteiger partial charge in [-0.15, -0.1) is 0 Å². The number of para-hydroxylation sites is 1. The summed E-state index contributed by atoms with van der Waals surface area (Å²) >= 11 is 0. The van der Waals surface area contributed by atoms with E-state index in [9.17, 15) is 4.79 Å². The summed E-state index contributed by atoms with van der Waals surface area (Å²) in [5.74, 6) is 0.894. The third-order valence-electron chi connectivity index (χ3n) is 4.29. The average molecular weight is 324 g/mol. The first-order valence-corrected chi connectivity index (χ1v) is 8.58. The number of rotatable bonds is 6. The number of amides is 1. The first kappa shape index (κ1) is 16.5. The van der Waals surface area contributed by atoms with Gasteiger partial charge in [-0.1, -0.05) is 55.0 Å². The maximum Gasteiger partial charge on any atom is 0.237 e. The van der Waals surface area contributed by atoms with Crippen LogP contribution in [0.5, 0.6) is 5.75 Å². The average Bonchev–Trinajstić information content (AvgIpc) is 2.66. The molecule has 0 aliphatic carbocycles. The van der Waals surface area contributed by atoms with Gasteiger partial charge in [-0.3, -0.25) is 4.79 Å². The molecule has 2 aromatic carbocycles. The second-order valence-electron chi connectivity index (χ2n) is 6.10. The second-order valence-corrected chi connectivity index (χ2v) is 6.10. The van der Waals surface area contributed by atoms with Crippen LogP contribution in [0.1, 0.15) is 30.4 Å². The largest absolute Gasteiger partial charge is 0.489 e. The van der Waals surface area contributed by atoms with E-state index in [0.717, 1.165) is 42.7 Å². The van der Waals surface area contributed by atoms with Crippen LogP contribution in [0.25, 0.3) is 0 Å². The predicted octanol–water partition coefficient (Wildman–Crippen LogP) is 3.02. The molecule has 1 heterocycles. The number of benzene rings is 2. The fourth-order valence-electron chi connectivity index (χ4n) is 2.91. The summed E-state index contributed by atoms with van der Waals surface area (Å²) in [5.41, 5.74) is 2.13. The number of hydrogen-bond donors (Lipinski definition) is 2. The third-order valence-corrected chi connectivity index (χ3v) is 4.29. The van der Waals surface area contributed by atoms with Crippen molar-refractivity contribution < 1.29 is 9.53 Å². The molecule has 0 aromatic heterocycles. The highest BCUT2D eigenvalue weighted by atomic mass is 16.5. The summed E-state index contributed by atoms with van der Waals surface area (Å²) in [4.78, 5) is 12.2. The zero-order valence-electron chi connectivity index (χ0n) is 13.8. The number of piperidine rings is 1. The minimum atomic E-state index is -0.0591. The van der Waals surface area contributed by atoms with Crippen molar-refractivity contribution in [2.24, 2.45) is 0 Å². The lowest BCUT2D eigenvalue weighted by Crippen LogP contribution is -2.46. The van der Waals surface area contributed by atoms with Crippen molar-refractivity contribution in [3.05, 3.63) is 65.7 Å². The summed E-state index contributed by atoms with van der Waals surface area (Å²) in [6.07, 6.45) is 3.18. The zero-order valence-corrected chi connectivity index (χ0v) is 13.8. The first-order chi connectivity index (χ1) is 11.8. The highest BCUT2D eigenvalue weighted by Crippen LogP contribution is 2.19. The molecule has 2 N–H and O–H groups in total. The molecule has 1 saturated heterocycles. The maximum atomic E-state index is 12.2. The van der Waals surface area contributed by atoms with Crippen LogP contribution in [0.15, 0.2) is 54.6 Å². The molecule has 126 valence electrons. The molecule has 4 heteroatoms. The Labute approximate surface area is 143 Å². The molecule has 24 heavy (non-hydrogen) atoms. The smallest absolute Gasteiger partial charge is 0.237 e. The molecule has 1 amide bonds. The molecule has 1 unspecified atom stereocenters. The van der Waals surface area contributed by atoms with Crippen molar-refractivity contribution >= 4 is 5.91 Å². The molecule has 0 radical (unpaired) electrons. The summed E-state index contributed by atoms with van der Waals surface area (Å²) in [5, 5.41) is 6.30. The molecule has 0 bridgehead atoms. The van der Waals surface area contributed by atoms with Gasteiger partial charge in [0.25, 0.3) is 0 Å². The van der Waals surface area contributed by atoms with Crippen LogP contribution in [-0.2, 0) is 17.9 Å². The number of ether oxygens (including phenoxy) is 1. The molecule has 1 atom stereocenters. The van der Waals surface area contributed by atoms with Gasteiger partial charge >= 0.3 is 0 Å². The van der Waals surface area contributed by atoms with Crippen molar-refractivity contribution in [2.75, 3.05) is 6.54 Å². The summed E-state index contributed by atoms with van der Waals surface area (Å²) in [6, 6.07) is 17.9. The normalized spacial score (nSPS) is 17.2. The van der Waals surface area contributed by atoms with Gasteiger partial charge in [-0.2, -0.15) is 0 Å². The Balaban J connectivity index is 1.56. The number of carbonyl (C=O) groups excluding carboxylic acids is 1. The van der Waals surface area contributed by atoms with E-state index >= 15 is 0 Å². The van der Waals surface area contributed by atoms with Gasteiger partial charge in [0.2, 0.25) is 5.91 Å². The van der Waals surface area contributed by atoms with Gasteiger partial charge in [-0.05, 0) is 31.0 Å². The molecule has 1 aliphatic heterocycles. The van der Waals surface area contributed by atoms with Crippen LogP contribution in [0.2, 0.25) is 0 Å². The molecule has 0 saturated carbocycles. The lowest BCUT2D eigenvalue weighted by Gasteiger charge is -2.22. The Kier molecular flexibility index (Phi) is 5.85. The van der Waals surface area contributed by atoms with Gasteiger partial charge in [0.1, 0.15) is 12.4 Å². The van der Waals surface area contributed by atoms with Gasteiger partial charge in [0.15, 0.2) is 0 Å². The van der Waals surface area contributed by atoms with Crippen LogP contribution in [-0.4, -0.2) is 18.5 Å². The third kappa shape index (κ3) is 4.59. The van der Waals surface area contributed by atoms with Crippen LogP contribution in [0, 0.1) is 0 Å². The second kappa shape index (κ2) is 8.50. The summed E-state index contributed by atoms with van der Waals surface area (Å²) in [6.45, 7) is 1.94. The maximum absolute atomic E-state index is 12.2.